The lowest BCUT2D eigenvalue weighted by Gasteiger charge is -2.16. The Bertz CT molecular complexity index is 411. The predicted molar refractivity (Wildman–Crippen MR) is 69.1 cm³/mol. The van der Waals surface area contributed by atoms with Crippen molar-refractivity contribution in [2.24, 2.45) is 5.84 Å². The van der Waals surface area contributed by atoms with Crippen molar-refractivity contribution >= 4 is 11.4 Å². The first-order valence-corrected chi connectivity index (χ1v) is 5.50. The molecule has 0 fully saturated rings. The number of nitrogens with two attached hydrogens (primary N) is 1. The molecule has 7 heteroatoms. The van der Waals surface area contributed by atoms with Crippen molar-refractivity contribution in [2.45, 2.75) is 6.54 Å². The quantitative estimate of drug-likeness (QED) is 0.427. The summed E-state index contributed by atoms with van der Waals surface area (Å²) in [7, 11) is 3.60. The van der Waals surface area contributed by atoms with Crippen LogP contribution >= 0.6 is 0 Å². The number of hydrazine groups is 1. The van der Waals surface area contributed by atoms with Crippen molar-refractivity contribution in [3.8, 4) is 0 Å². The highest BCUT2D eigenvalue weighted by Crippen LogP contribution is 2.24. The Hall–Kier alpha value is -1.70. The van der Waals surface area contributed by atoms with Gasteiger partial charge in [-0.15, -0.1) is 0 Å². The Morgan fingerprint density at radius 2 is 2.28 bits per heavy atom. The van der Waals surface area contributed by atoms with Crippen molar-refractivity contribution in [1.29, 1.82) is 0 Å². The Labute approximate surface area is 106 Å². The molecule has 0 bridgehead atoms. The zero-order valence-corrected chi connectivity index (χ0v) is 10.5. The maximum atomic E-state index is 10.7. The number of hydrogen-bond donors (Lipinski definition) is 2. The molecule has 1 rings (SSSR count). The molecule has 3 N–H and O–H groups in total. The standard InChI is InChI=1S/C11H18N4O3/c1-14(5-6-18-2)8-9-3-4-11(15(16)17)10(7-9)13-12/h3-4,7,13H,5-6,8,12H2,1-2H3. The Kier molecular flexibility index (Phi) is 5.50. The molecule has 1 aromatic rings. The molecule has 0 aromatic heterocycles. The molecule has 0 spiro atoms. The van der Waals surface area contributed by atoms with Gasteiger partial charge in [0.1, 0.15) is 5.69 Å². The van der Waals surface area contributed by atoms with Crippen LogP contribution in [0.5, 0.6) is 0 Å². The zero-order chi connectivity index (χ0) is 13.5. The number of nitro groups is 1. The van der Waals surface area contributed by atoms with E-state index in [1.807, 2.05) is 7.05 Å². The van der Waals surface area contributed by atoms with Crippen molar-refractivity contribution < 1.29 is 9.66 Å². The van der Waals surface area contributed by atoms with Crippen LogP contribution < -0.4 is 11.3 Å². The molecule has 0 aliphatic heterocycles. The summed E-state index contributed by atoms with van der Waals surface area (Å²) in [5.41, 5.74) is 3.59. The Morgan fingerprint density at radius 1 is 1.56 bits per heavy atom. The number of rotatable bonds is 7. The van der Waals surface area contributed by atoms with Crippen molar-refractivity contribution in [3.63, 3.8) is 0 Å². The van der Waals surface area contributed by atoms with Gasteiger partial charge in [-0.1, -0.05) is 6.07 Å². The second kappa shape index (κ2) is 6.90. The van der Waals surface area contributed by atoms with Crippen molar-refractivity contribution in [3.05, 3.63) is 33.9 Å². The number of anilines is 1. The van der Waals surface area contributed by atoms with Gasteiger partial charge < -0.3 is 10.2 Å². The van der Waals surface area contributed by atoms with E-state index in [0.717, 1.165) is 12.1 Å². The highest BCUT2D eigenvalue weighted by molar-refractivity contribution is 5.62. The molecule has 0 heterocycles. The fraction of sp³-hybridized carbons (Fsp3) is 0.455. The van der Waals surface area contributed by atoms with Crippen LogP contribution in [0.2, 0.25) is 0 Å². The summed E-state index contributed by atoms with van der Waals surface area (Å²) in [6, 6.07) is 4.86. The normalized spacial score (nSPS) is 10.7. The van der Waals surface area contributed by atoms with Gasteiger partial charge in [-0.3, -0.25) is 20.9 Å². The fourth-order valence-corrected chi connectivity index (χ4v) is 1.59. The van der Waals surface area contributed by atoms with Gasteiger partial charge in [0.25, 0.3) is 5.69 Å². The highest BCUT2D eigenvalue weighted by atomic mass is 16.6. The largest absolute Gasteiger partial charge is 0.383 e. The monoisotopic (exact) mass is 254 g/mol. The van der Waals surface area contributed by atoms with E-state index in [0.29, 0.717) is 18.8 Å². The topological polar surface area (TPSA) is 93.7 Å². The molecular formula is C11H18N4O3. The van der Waals surface area contributed by atoms with Crippen LogP contribution in [0, 0.1) is 10.1 Å². The number of nitro benzene ring substituents is 1. The molecule has 7 nitrogen and oxygen atoms in total. The van der Waals surface area contributed by atoms with Crippen molar-refractivity contribution in [2.75, 3.05) is 32.7 Å². The lowest BCUT2D eigenvalue weighted by Crippen LogP contribution is -2.22. The minimum absolute atomic E-state index is 0.0270. The van der Waals surface area contributed by atoms with E-state index in [2.05, 4.69) is 10.3 Å². The highest BCUT2D eigenvalue weighted by Gasteiger charge is 2.13. The average molecular weight is 254 g/mol. The minimum atomic E-state index is -0.465. The number of ether oxygens (including phenoxy) is 1. The van der Waals surface area contributed by atoms with E-state index in [4.69, 9.17) is 10.6 Å². The zero-order valence-electron chi connectivity index (χ0n) is 10.5. The third kappa shape index (κ3) is 3.95. The molecule has 100 valence electrons. The summed E-state index contributed by atoms with van der Waals surface area (Å²) in [6.07, 6.45) is 0. The molecule has 0 radical (unpaired) electrons. The second-order valence-corrected chi connectivity index (χ2v) is 3.98. The summed E-state index contributed by atoms with van der Waals surface area (Å²) in [6.45, 7) is 2.11. The van der Waals surface area contributed by atoms with Crippen LogP contribution in [0.4, 0.5) is 11.4 Å². The third-order valence-corrected chi connectivity index (χ3v) is 2.54. The summed E-state index contributed by atoms with van der Waals surface area (Å²) >= 11 is 0. The number of benzene rings is 1. The smallest absolute Gasteiger partial charge is 0.293 e. The molecule has 0 aliphatic carbocycles. The Balaban J connectivity index is 2.76. The number of hydrogen-bond acceptors (Lipinski definition) is 6. The van der Waals surface area contributed by atoms with Crippen LogP contribution in [0.15, 0.2) is 18.2 Å². The molecule has 1 aromatic carbocycles. The van der Waals surface area contributed by atoms with Crippen LogP contribution in [0.1, 0.15) is 5.56 Å². The molecule has 0 saturated heterocycles. The van der Waals surface area contributed by atoms with Gasteiger partial charge in [0.05, 0.1) is 11.5 Å². The number of nitrogens with zero attached hydrogens (tertiary/aromatic N) is 2. The number of nitrogens with one attached hydrogen (secondary N) is 1. The maximum Gasteiger partial charge on any atom is 0.293 e. The molecule has 18 heavy (non-hydrogen) atoms. The van der Waals surface area contributed by atoms with E-state index in [-0.39, 0.29) is 5.69 Å². The van der Waals surface area contributed by atoms with E-state index in [1.165, 1.54) is 6.07 Å². The molecule has 0 amide bonds. The van der Waals surface area contributed by atoms with Crippen LogP contribution in [0.3, 0.4) is 0 Å². The molecular weight excluding hydrogens is 236 g/mol. The van der Waals surface area contributed by atoms with Gasteiger partial charge in [0.15, 0.2) is 0 Å². The molecule has 0 saturated carbocycles. The van der Waals surface area contributed by atoms with Crippen molar-refractivity contribution in [1.82, 2.24) is 4.90 Å². The Morgan fingerprint density at radius 3 is 2.83 bits per heavy atom. The fourth-order valence-electron chi connectivity index (χ4n) is 1.59. The second-order valence-electron chi connectivity index (χ2n) is 3.98. The van der Waals surface area contributed by atoms with Gasteiger partial charge in [-0.05, 0) is 18.7 Å². The first-order valence-electron chi connectivity index (χ1n) is 5.50. The maximum absolute atomic E-state index is 10.7. The van der Waals surface area contributed by atoms with E-state index in [9.17, 15) is 10.1 Å². The minimum Gasteiger partial charge on any atom is -0.383 e. The predicted octanol–water partition coefficient (Wildman–Crippen LogP) is 0.959. The lowest BCUT2D eigenvalue weighted by atomic mass is 10.1. The van der Waals surface area contributed by atoms with Crippen LogP contribution in [-0.2, 0) is 11.3 Å². The first-order chi connectivity index (χ1) is 8.58. The van der Waals surface area contributed by atoms with E-state index >= 15 is 0 Å². The van der Waals surface area contributed by atoms with Gasteiger partial charge in [-0.2, -0.15) is 0 Å². The van der Waals surface area contributed by atoms with Gasteiger partial charge in [0.2, 0.25) is 0 Å². The molecule has 0 aliphatic rings. The molecule has 0 atom stereocenters. The van der Waals surface area contributed by atoms with E-state index < -0.39 is 4.92 Å². The number of likely N-dealkylation sites (N-methyl/N-ethyl adjacent to an activating group) is 1. The van der Waals surface area contributed by atoms with Gasteiger partial charge in [-0.25, -0.2) is 0 Å². The number of nitrogen functional groups attached to an aromatic ring is 1. The third-order valence-electron chi connectivity index (χ3n) is 2.54. The summed E-state index contributed by atoms with van der Waals surface area (Å²) in [5.74, 6) is 5.28. The lowest BCUT2D eigenvalue weighted by molar-refractivity contribution is -0.384. The molecule has 0 unspecified atom stereocenters. The SMILES string of the molecule is COCCN(C)Cc1ccc([N+](=O)[O-])c(NN)c1. The van der Waals surface area contributed by atoms with Gasteiger partial charge >= 0.3 is 0 Å². The summed E-state index contributed by atoms with van der Waals surface area (Å²) < 4.78 is 4.98. The summed E-state index contributed by atoms with van der Waals surface area (Å²) in [4.78, 5) is 12.3. The first kappa shape index (κ1) is 14.4. The van der Waals surface area contributed by atoms with Crippen LogP contribution in [0.25, 0.3) is 0 Å². The number of methoxy groups -OCH3 is 1. The van der Waals surface area contributed by atoms with Gasteiger partial charge in [0, 0.05) is 26.3 Å². The van der Waals surface area contributed by atoms with E-state index in [1.54, 1.807) is 19.2 Å². The summed E-state index contributed by atoms with van der Waals surface area (Å²) in [5, 5.41) is 10.7. The van der Waals surface area contributed by atoms with Crippen LogP contribution in [-0.4, -0.2) is 37.1 Å². The average Bonchev–Trinajstić information content (AvgIpc) is 2.35.